The molecular formula is C16H17N3O4S. The minimum atomic E-state index is -2.97. The molecule has 1 saturated heterocycles. The largest absolute Gasteiger partial charge is 0.350 e. The highest BCUT2D eigenvalue weighted by molar-refractivity contribution is 7.91. The lowest BCUT2D eigenvalue weighted by molar-refractivity contribution is 0.0941. The zero-order chi connectivity index (χ0) is 17.2. The van der Waals surface area contributed by atoms with Crippen LogP contribution < -0.4 is 10.9 Å². The number of carbonyl (C=O) groups excluding carboxylic acids is 1. The fourth-order valence-corrected chi connectivity index (χ4v) is 4.51. The van der Waals surface area contributed by atoms with Crippen molar-refractivity contribution in [3.63, 3.8) is 0 Å². The van der Waals surface area contributed by atoms with Gasteiger partial charge in [-0.1, -0.05) is 18.2 Å². The molecule has 1 unspecified atom stereocenters. The SMILES string of the molecule is O=C(NCC1CCS(=O)(=O)C1)c1ccc(=O)n(-c2ccccc2)n1. The second-order valence-corrected chi connectivity index (χ2v) is 8.01. The molecule has 0 radical (unpaired) electrons. The maximum Gasteiger partial charge on any atom is 0.271 e. The third-order valence-electron chi connectivity index (χ3n) is 3.91. The monoisotopic (exact) mass is 347 g/mol. The molecule has 0 spiro atoms. The molecule has 1 aromatic heterocycles. The van der Waals surface area contributed by atoms with E-state index >= 15 is 0 Å². The number of hydrogen-bond donors (Lipinski definition) is 1. The molecule has 1 N–H and O–H groups in total. The van der Waals surface area contributed by atoms with Crippen molar-refractivity contribution in [1.82, 2.24) is 15.1 Å². The predicted molar refractivity (Wildman–Crippen MR) is 88.9 cm³/mol. The number of sulfone groups is 1. The molecular weight excluding hydrogens is 330 g/mol. The van der Waals surface area contributed by atoms with Crippen molar-refractivity contribution in [3.05, 3.63) is 58.5 Å². The Labute approximate surface area is 139 Å². The Morgan fingerprint density at radius 3 is 2.62 bits per heavy atom. The van der Waals surface area contributed by atoms with E-state index in [1.807, 2.05) is 6.07 Å². The Kier molecular flexibility index (Phi) is 4.48. The van der Waals surface area contributed by atoms with E-state index in [-0.39, 0.29) is 35.2 Å². The average Bonchev–Trinajstić information content (AvgIpc) is 2.93. The molecule has 0 bridgehead atoms. The van der Waals surface area contributed by atoms with Gasteiger partial charge in [-0.3, -0.25) is 9.59 Å². The molecule has 7 nitrogen and oxygen atoms in total. The second kappa shape index (κ2) is 6.56. The first-order valence-corrected chi connectivity index (χ1v) is 9.41. The highest BCUT2D eigenvalue weighted by Crippen LogP contribution is 2.17. The van der Waals surface area contributed by atoms with E-state index in [1.54, 1.807) is 24.3 Å². The summed E-state index contributed by atoms with van der Waals surface area (Å²) >= 11 is 0. The number of para-hydroxylation sites is 1. The lowest BCUT2D eigenvalue weighted by atomic mass is 10.1. The third kappa shape index (κ3) is 3.70. The molecule has 1 aromatic carbocycles. The van der Waals surface area contributed by atoms with Crippen molar-refractivity contribution < 1.29 is 13.2 Å². The Morgan fingerprint density at radius 2 is 1.96 bits per heavy atom. The van der Waals surface area contributed by atoms with Crippen LogP contribution in [0, 0.1) is 5.92 Å². The van der Waals surface area contributed by atoms with Crippen molar-refractivity contribution in [3.8, 4) is 5.69 Å². The fraction of sp³-hybridized carbons (Fsp3) is 0.312. The topological polar surface area (TPSA) is 98.1 Å². The van der Waals surface area contributed by atoms with Crippen LogP contribution in [-0.2, 0) is 9.84 Å². The minimum absolute atomic E-state index is 0.0704. The van der Waals surface area contributed by atoms with Gasteiger partial charge in [-0.15, -0.1) is 0 Å². The third-order valence-corrected chi connectivity index (χ3v) is 5.75. The Balaban J connectivity index is 1.73. The number of nitrogens with zero attached hydrogens (tertiary/aromatic N) is 2. The Hall–Kier alpha value is -2.48. The van der Waals surface area contributed by atoms with Crippen LogP contribution in [0.25, 0.3) is 5.69 Å². The molecule has 0 aliphatic carbocycles. The lowest BCUT2D eigenvalue weighted by Crippen LogP contribution is -2.32. The summed E-state index contributed by atoms with van der Waals surface area (Å²) in [5, 5.41) is 6.79. The smallest absolute Gasteiger partial charge is 0.271 e. The number of nitrogens with one attached hydrogen (secondary N) is 1. The van der Waals surface area contributed by atoms with Gasteiger partial charge < -0.3 is 5.32 Å². The molecule has 1 fully saturated rings. The van der Waals surface area contributed by atoms with Gasteiger partial charge in [0.1, 0.15) is 5.69 Å². The van der Waals surface area contributed by atoms with E-state index in [1.165, 1.54) is 12.1 Å². The van der Waals surface area contributed by atoms with E-state index in [0.717, 1.165) is 4.68 Å². The predicted octanol–water partition coefficient (Wildman–Crippen LogP) is 0.397. The first-order valence-electron chi connectivity index (χ1n) is 7.59. The summed E-state index contributed by atoms with van der Waals surface area (Å²) in [6.45, 7) is 0.282. The van der Waals surface area contributed by atoms with Gasteiger partial charge in [0.05, 0.1) is 17.2 Å². The molecule has 1 aliphatic heterocycles. The van der Waals surface area contributed by atoms with Crippen molar-refractivity contribution in [2.75, 3.05) is 18.1 Å². The van der Waals surface area contributed by atoms with Gasteiger partial charge in [0.25, 0.3) is 11.5 Å². The summed E-state index contributed by atoms with van der Waals surface area (Å²) in [6.07, 6.45) is 0.555. The van der Waals surface area contributed by atoms with E-state index in [4.69, 9.17) is 0 Å². The molecule has 2 aromatic rings. The van der Waals surface area contributed by atoms with Crippen LogP contribution in [0.3, 0.4) is 0 Å². The second-order valence-electron chi connectivity index (χ2n) is 5.78. The van der Waals surface area contributed by atoms with Crippen LogP contribution in [0.2, 0.25) is 0 Å². The fourth-order valence-electron chi connectivity index (χ4n) is 2.65. The quantitative estimate of drug-likeness (QED) is 0.863. The van der Waals surface area contributed by atoms with Gasteiger partial charge in [0.15, 0.2) is 9.84 Å². The van der Waals surface area contributed by atoms with Crippen molar-refractivity contribution in [1.29, 1.82) is 0 Å². The molecule has 126 valence electrons. The lowest BCUT2D eigenvalue weighted by Gasteiger charge is -2.10. The number of hydrogen-bond acceptors (Lipinski definition) is 5. The molecule has 1 amide bonds. The van der Waals surface area contributed by atoms with Crippen LogP contribution in [-0.4, -0.2) is 42.2 Å². The number of rotatable bonds is 4. The number of benzene rings is 1. The van der Waals surface area contributed by atoms with E-state index in [2.05, 4.69) is 10.4 Å². The first-order chi connectivity index (χ1) is 11.4. The highest BCUT2D eigenvalue weighted by atomic mass is 32.2. The van der Waals surface area contributed by atoms with Gasteiger partial charge in [0, 0.05) is 12.6 Å². The van der Waals surface area contributed by atoms with Gasteiger partial charge >= 0.3 is 0 Å². The van der Waals surface area contributed by atoms with Crippen molar-refractivity contribution in [2.45, 2.75) is 6.42 Å². The molecule has 0 saturated carbocycles. The first kappa shape index (κ1) is 16.4. The summed E-state index contributed by atoms with van der Waals surface area (Å²) in [5.74, 6) is -0.225. The Morgan fingerprint density at radius 1 is 1.21 bits per heavy atom. The molecule has 1 atom stereocenters. The van der Waals surface area contributed by atoms with Crippen molar-refractivity contribution >= 4 is 15.7 Å². The number of amides is 1. The maximum atomic E-state index is 12.2. The minimum Gasteiger partial charge on any atom is -0.350 e. The summed E-state index contributed by atoms with van der Waals surface area (Å²) in [6, 6.07) is 11.5. The van der Waals surface area contributed by atoms with Crippen LogP contribution in [0.4, 0.5) is 0 Å². The molecule has 3 rings (SSSR count). The number of carbonyl (C=O) groups is 1. The van der Waals surface area contributed by atoms with Gasteiger partial charge in [-0.05, 0) is 30.5 Å². The molecule has 2 heterocycles. The molecule has 24 heavy (non-hydrogen) atoms. The summed E-state index contributed by atoms with van der Waals surface area (Å²) in [7, 11) is -2.97. The number of aromatic nitrogens is 2. The van der Waals surface area contributed by atoms with Crippen molar-refractivity contribution in [2.24, 2.45) is 5.92 Å². The maximum absolute atomic E-state index is 12.2. The van der Waals surface area contributed by atoms with Gasteiger partial charge in [0.2, 0.25) is 0 Å². The zero-order valence-corrected chi connectivity index (χ0v) is 13.7. The summed E-state index contributed by atoms with van der Waals surface area (Å²) in [5.41, 5.74) is 0.345. The normalized spacial score (nSPS) is 19.1. The average molecular weight is 347 g/mol. The Bertz CT molecular complexity index is 906. The zero-order valence-electron chi connectivity index (χ0n) is 12.9. The standard InChI is InChI=1S/C16H17N3O4S/c20-15-7-6-14(18-19(15)13-4-2-1-3-5-13)16(21)17-10-12-8-9-24(22,23)11-12/h1-7,12H,8-11H2,(H,17,21). The van der Waals surface area contributed by atoms with E-state index in [0.29, 0.717) is 12.1 Å². The van der Waals surface area contributed by atoms with Crippen LogP contribution >= 0.6 is 0 Å². The van der Waals surface area contributed by atoms with Crippen LogP contribution in [0.5, 0.6) is 0 Å². The summed E-state index contributed by atoms with van der Waals surface area (Å²) < 4.78 is 24.0. The molecule has 8 heteroatoms. The van der Waals surface area contributed by atoms with E-state index < -0.39 is 15.7 Å². The molecule has 1 aliphatic rings. The summed E-state index contributed by atoms with van der Waals surface area (Å²) in [4.78, 5) is 24.2. The highest BCUT2D eigenvalue weighted by Gasteiger charge is 2.28. The van der Waals surface area contributed by atoms with Gasteiger partial charge in [-0.25, -0.2) is 8.42 Å². The van der Waals surface area contributed by atoms with Crippen LogP contribution in [0.1, 0.15) is 16.9 Å². The van der Waals surface area contributed by atoms with E-state index in [9.17, 15) is 18.0 Å². The van der Waals surface area contributed by atoms with Gasteiger partial charge in [-0.2, -0.15) is 9.78 Å². The van der Waals surface area contributed by atoms with Crippen LogP contribution in [0.15, 0.2) is 47.3 Å².